The van der Waals surface area contributed by atoms with Gasteiger partial charge in [-0.2, -0.15) is 0 Å². The topological polar surface area (TPSA) is 41.3 Å². The third-order valence-electron chi connectivity index (χ3n) is 3.96. The molecule has 0 saturated carbocycles. The van der Waals surface area contributed by atoms with E-state index in [4.69, 9.17) is 4.42 Å². The predicted octanol–water partition coefficient (Wildman–Crippen LogP) is 2.81. The summed E-state index contributed by atoms with van der Waals surface area (Å²) in [6, 6.07) is 0.588. The molecule has 1 aromatic heterocycles. The average molecular weight is 277 g/mol. The molecule has 0 atom stereocenters. The number of oxazole rings is 1. The fourth-order valence-corrected chi connectivity index (χ4v) is 2.48. The second-order valence-electron chi connectivity index (χ2n) is 5.99. The van der Waals surface area contributed by atoms with Crippen molar-refractivity contribution in [3.63, 3.8) is 0 Å². The Bertz CT molecular complexity index is 433. The van der Waals surface area contributed by atoms with Gasteiger partial charge in [-0.1, -0.05) is 11.6 Å². The summed E-state index contributed by atoms with van der Waals surface area (Å²) >= 11 is 0. The Morgan fingerprint density at radius 2 is 2.05 bits per heavy atom. The largest absolute Gasteiger partial charge is 0.444 e. The molecule has 4 heteroatoms. The van der Waals surface area contributed by atoms with Crippen LogP contribution in [0.25, 0.3) is 0 Å². The van der Waals surface area contributed by atoms with Gasteiger partial charge in [0, 0.05) is 12.6 Å². The third-order valence-corrected chi connectivity index (χ3v) is 3.96. The van der Waals surface area contributed by atoms with Gasteiger partial charge in [0.2, 0.25) is 5.89 Å². The molecule has 1 aliphatic rings. The second kappa shape index (κ2) is 7.04. The normalized spacial score (nSPS) is 17.4. The Balaban J connectivity index is 1.70. The summed E-state index contributed by atoms with van der Waals surface area (Å²) in [5, 5.41) is 3.57. The van der Waals surface area contributed by atoms with Crippen molar-refractivity contribution in [3.05, 3.63) is 29.0 Å². The van der Waals surface area contributed by atoms with Crippen LogP contribution < -0.4 is 5.32 Å². The van der Waals surface area contributed by atoms with E-state index in [0.717, 1.165) is 30.4 Å². The van der Waals surface area contributed by atoms with Gasteiger partial charge in [-0.25, -0.2) is 4.98 Å². The molecule has 112 valence electrons. The molecule has 4 nitrogen and oxygen atoms in total. The summed E-state index contributed by atoms with van der Waals surface area (Å²) in [5.74, 6) is 1.74. The molecule has 1 aliphatic heterocycles. The van der Waals surface area contributed by atoms with Gasteiger partial charge < -0.3 is 9.73 Å². The molecule has 1 aromatic rings. The molecule has 0 aliphatic carbocycles. The van der Waals surface area contributed by atoms with Crippen LogP contribution in [0.1, 0.15) is 44.0 Å². The molecule has 0 spiro atoms. The minimum absolute atomic E-state index is 0.588. The van der Waals surface area contributed by atoms with Gasteiger partial charge in [0.15, 0.2) is 0 Å². The van der Waals surface area contributed by atoms with Crippen molar-refractivity contribution in [2.24, 2.45) is 0 Å². The summed E-state index contributed by atoms with van der Waals surface area (Å²) < 4.78 is 5.60. The lowest BCUT2D eigenvalue weighted by molar-refractivity contribution is 0.211. The minimum Gasteiger partial charge on any atom is -0.444 e. The zero-order chi connectivity index (χ0) is 14.5. The van der Waals surface area contributed by atoms with E-state index in [-0.39, 0.29) is 0 Å². The van der Waals surface area contributed by atoms with Crippen LogP contribution in [0.4, 0.5) is 0 Å². The van der Waals surface area contributed by atoms with E-state index in [1.807, 2.05) is 13.8 Å². The Morgan fingerprint density at radius 3 is 2.60 bits per heavy atom. The van der Waals surface area contributed by atoms with Crippen LogP contribution in [-0.4, -0.2) is 35.6 Å². The number of aryl methyl sites for hydroxylation is 2. The van der Waals surface area contributed by atoms with Crippen molar-refractivity contribution in [1.29, 1.82) is 0 Å². The van der Waals surface area contributed by atoms with E-state index in [2.05, 4.69) is 35.1 Å². The van der Waals surface area contributed by atoms with Crippen LogP contribution in [-0.2, 0) is 6.54 Å². The number of allylic oxidation sites excluding steroid dienone is 1. The van der Waals surface area contributed by atoms with Crippen molar-refractivity contribution < 1.29 is 4.42 Å². The number of nitrogens with one attached hydrogen (secondary N) is 1. The lowest BCUT2D eigenvalue weighted by Crippen LogP contribution is -2.42. The molecule has 2 rings (SSSR count). The smallest absolute Gasteiger partial charge is 0.208 e. The number of aromatic nitrogens is 1. The lowest BCUT2D eigenvalue weighted by atomic mass is 10.0. The van der Waals surface area contributed by atoms with Crippen molar-refractivity contribution in [3.8, 4) is 0 Å². The number of hydrogen-bond acceptors (Lipinski definition) is 4. The number of piperidine rings is 1. The fourth-order valence-electron chi connectivity index (χ4n) is 2.48. The Hall–Kier alpha value is -1.13. The molecule has 0 aromatic carbocycles. The van der Waals surface area contributed by atoms with Gasteiger partial charge in [-0.15, -0.1) is 0 Å². The molecule has 1 fully saturated rings. The summed E-state index contributed by atoms with van der Waals surface area (Å²) in [5.41, 5.74) is 2.40. The molecule has 0 radical (unpaired) electrons. The molecule has 1 saturated heterocycles. The number of likely N-dealkylation sites (tertiary alicyclic amines) is 1. The maximum Gasteiger partial charge on any atom is 0.208 e. The van der Waals surface area contributed by atoms with Crippen LogP contribution in [0, 0.1) is 13.8 Å². The highest BCUT2D eigenvalue weighted by molar-refractivity contribution is 5.05. The van der Waals surface area contributed by atoms with E-state index >= 15 is 0 Å². The second-order valence-corrected chi connectivity index (χ2v) is 5.99. The zero-order valence-corrected chi connectivity index (χ0v) is 13.2. The SMILES string of the molecule is CC(C)=CCN1CCC(NCc2nc(C)c(C)o2)CC1. The molecule has 0 amide bonds. The van der Waals surface area contributed by atoms with Crippen LogP contribution in [0.15, 0.2) is 16.1 Å². The quantitative estimate of drug-likeness (QED) is 0.840. The number of rotatable bonds is 5. The molecular weight excluding hydrogens is 250 g/mol. The van der Waals surface area contributed by atoms with E-state index < -0.39 is 0 Å². The highest BCUT2D eigenvalue weighted by atomic mass is 16.4. The minimum atomic E-state index is 0.588. The van der Waals surface area contributed by atoms with E-state index in [0.29, 0.717) is 6.04 Å². The Labute approximate surface area is 122 Å². The molecule has 2 heterocycles. The number of hydrogen-bond donors (Lipinski definition) is 1. The van der Waals surface area contributed by atoms with Crippen molar-refractivity contribution in [2.75, 3.05) is 19.6 Å². The van der Waals surface area contributed by atoms with Crippen LogP contribution in [0.5, 0.6) is 0 Å². The maximum atomic E-state index is 5.60. The monoisotopic (exact) mass is 277 g/mol. The first-order valence-electron chi connectivity index (χ1n) is 7.56. The highest BCUT2D eigenvalue weighted by Gasteiger charge is 2.18. The first-order chi connectivity index (χ1) is 9.54. The van der Waals surface area contributed by atoms with Gasteiger partial charge in [-0.05, 0) is 53.6 Å². The Morgan fingerprint density at radius 1 is 1.35 bits per heavy atom. The van der Waals surface area contributed by atoms with Gasteiger partial charge in [-0.3, -0.25) is 4.90 Å². The van der Waals surface area contributed by atoms with Crippen LogP contribution >= 0.6 is 0 Å². The van der Waals surface area contributed by atoms with Crippen LogP contribution in [0.3, 0.4) is 0 Å². The zero-order valence-electron chi connectivity index (χ0n) is 13.2. The number of nitrogens with zero attached hydrogens (tertiary/aromatic N) is 2. The van der Waals surface area contributed by atoms with Gasteiger partial charge in [0.1, 0.15) is 5.76 Å². The first-order valence-corrected chi connectivity index (χ1v) is 7.56. The molecule has 0 bridgehead atoms. The molecule has 0 unspecified atom stereocenters. The van der Waals surface area contributed by atoms with Crippen molar-refractivity contribution >= 4 is 0 Å². The summed E-state index contributed by atoms with van der Waals surface area (Å²) in [7, 11) is 0. The summed E-state index contributed by atoms with van der Waals surface area (Å²) in [4.78, 5) is 6.93. The van der Waals surface area contributed by atoms with Crippen molar-refractivity contribution in [1.82, 2.24) is 15.2 Å². The third kappa shape index (κ3) is 4.46. The van der Waals surface area contributed by atoms with Crippen LogP contribution in [0.2, 0.25) is 0 Å². The van der Waals surface area contributed by atoms with Gasteiger partial charge in [0.25, 0.3) is 0 Å². The van der Waals surface area contributed by atoms with E-state index in [9.17, 15) is 0 Å². The lowest BCUT2D eigenvalue weighted by Gasteiger charge is -2.31. The molecule has 20 heavy (non-hydrogen) atoms. The maximum absolute atomic E-state index is 5.60. The standard InChI is InChI=1S/C16H27N3O/c1-12(2)5-8-19-9-6-15(7-10-19)17-11-16-18-13(3)14(4)20-16/h5,15,17H,6-11H2,1-4H3. The highest BCUT2D eigenvalue weighted by Crippen LogP contribution is 2.12. The molecule has 1 N–H and O–H groups in total. The Kier molecular flexibility index (Phi) is 5.38. The van der Waals surface area contributed by atoms with Crippen molar-refractivity contribution in [2.45, 2.75) is 53.1 Å². The fraction of sp³-hybridized carbons (Fsp3) is 0.688. The van der Waals surface area contributed by atoms with E-state index in [1.165, 1.54) is 31.5 Å². The van der Waals surface area contributed by atoms with Gasteiger partial charge in [0.05, 0.1) is 12.2 Å². The average Bonchev–Trinajstić information content (AvgIpc) is 2.74. The predicted molar refractivity (Wildman–Crippen MR) is 81.7 cm³/mol. The summed E-state index contributed by atoms with van der Waals surface area (Å²) in [6.45, 7) is 12.5. The van der Waals surface area contributed by atoms with E-state index in [1.54, 1.807) is 0 Å². The molecular formula is C16H27N3O. The first kappa shape index (κ1) is 15.3. The summed E-state index contributed by atoms with van der Waals surface area (Å²) in [6.07, 6.45) is 4.72. The van der Waals surface area contributed by atoms with Gasteiger partial charge >= 0.3 is 0 Å².